The maximum atomic E-state index is 13.0. The molecule has 0 aliphatic rings. The molecule has 3 aromatic rings. The quantitative estimate of drug-likeness (QED) is 0.648. The molecule has 28 heavy (non-hydrogen) atoms. The summed E-state index contributed by atoms with van der Waals surface area (Å²) in [7, 11) is 1.77. The van der Waals surface area contributed by atoms with E-state index < -0.39 is 0 Å². The minimum atomic E-state index is -0.0789. The molecule has 3 rings (SSSR count). The summed E-state index contributed by atoms with van der Waals surface area (Å²) in [6, 6.07) is 17.0. The number of nitrogens with zero attached hydrogens (tertiary/aromatic N) is 4. The molecule has 1 amide bonds. The van der Waals surface area contributed by atoms with Gasteiger partial charge in [0.1, 0.15) is 0 Å². The van der Waals surface area contributed by atoms with Crippen LogP contribution in [0.3, 0.4) is 0 Å². The van der Waals surface area contributed by atoms with Crippen molar-refractivity contribution in [2.45, 2.75) is 26.9 Å². The monoisotopic (exact) mass is 392 g/mol. The highest BCUT2D eigenvalue weighted by Gasteiger charge is 2.22. The van der Waals surface area contributed by atoms with Crippen LogP contribution < -0.4 is 0 Å². The van der Waals surface area contributed by atoms with Crippen LogP contribution in [-0.4, -0.2) is 27.6 Å². The van der Waals surface area contributed by atoms with Gasteiger partial charge < -0.3 is 4.90 Å². The Bertz CT molecular complexity index is 1050. The van der Waals surface area contributed by atoms with E-state index in [0.717, 1.165) is 16.8 Å². The molecular formula is C22H21ClN4O. The Kier molecular flexibility index (Phi) is 5.81. The summed E-state index contributed by atoms with van der Waals surface area (Å²) in [6.07, 6.45) is 0. The van der Waals surface area contributed by atoms with E-state index >= 15 is 0 Å². The van der Waals surface area contributed by atoms with Crippen molar-refractivity contribution >= 4 is 17.5 Å². The summed E-state index contributed by atoms with van der Waals surface area (Å²) in [6.45, 7) is 4.72. The topological polar surface area (TPSA) is 61.9 Å². The van der Waals surface area contributed by atoms with Crippen LogP contribution in [0.2, 0.25) is 5.02 Å². The molecule has 0 radical (unpaired) electrons. The molecule has 0 atom stereocenters. The molecule has 5 nitrogen and oxygen atoms in total. The molecule has 0 unspecified atom stereocenters. The fraction of sp³-hybridized carbons (Fsp3) is 0.227. The number of aromatic nitrogens is 2. The van der Waals surface area contributed by atoms with E-state index in [9.17, 15) is 4.79 Å². The summed E-state index contributed by atoms with van der Waals surface area (Å²) in [5, 5.41) is 14.1. The zero-order chi connectivity index (χ0) is 20.3. The van der Waals surface area contributed by atoms with Gasteiger partial charge in [0.25, 0.3) is 5.91 Å². The fourth-order valence-electron chi connectivity index (χ4n) is 3.17. The summed E-state index contributed by atoms with van der Waals surface area (Å²) in [5.41, 5.74) is 4.65. The smallest absolute Gasteiger partial charge is 0.257 e. The van der Waals surface area contributed by atoms with Gasteiger partial charge in [-0.1, -0.05) is 41.9 Å². The van der Waals surface area contributed by atoms with Crippen LogP contribution in [0, 0.1) is 25.2 Å². The Labute approximate surface area is 169 Å². The van der Waals surface area contributed by atoms with Gasteiger partial charge in [-0.25, -0.2) is 0 Å². The number of aryl methyl sites for hydroxylation is 1. The SMILES string of the molecule is Cc1nn(Cc2ccccc2Cl)c(C)c1C(=O)N(C)Cc1ccc(C#N)cc1. The Morgan fingerprint density at radius 1 is 1.18 bits per heavy atom. The average molecular weight is 393 g/mol. The molecule has 1 heterocycles. The van der Waals surface area contributed by atoms with Crippen molar-refractivity contribution in [1.29, 1.82) is 5.26 Å². The van der Waals surface area contributed by atoms with Gasteiger partial charge in [0, 0.05) is 24.3 Å². The van der Waals surface area contributed by atoms with Crippen molar-refractivity contribution in [3.63, 3.8) is 0 Å². The van der Waals surface area contributed by atoms with Crippen molar-refractivity contribution in [3.05, 3.63) is 87.2 Å². The number of rotatable bonds is 5. The lowest BCUT2D eigenvalue weighted by Crippen LogP contribution is -2.27. The maximum absolute atomic E-state index is 13.0. The molecule has 0 fully saturated rings. The summed E-state index contributed by atoms with van der Waals surface area (Å²) in [4.78, 5) is 14.7. The summed E-state index contributed by atoms with van der Waals surface area (Å²) >= 11 is 6.26. The molecule has 0 bridgehead atoms. The minimum Gasteiger partial charge on any atom is -0.337 e. The Morgan fingerprint density at radius 3 is 2.50 bits per heavy atom. The molecular weight excluding hydrogens is 372 g/mol. The maximum Gasteiger partial charge on any atom is 0.257 e. The molecule has 0 saturated heterocycles. The lowest BCUT2D eigenvalue weighted by atomic mass is 10.1. The second-order valence-corrected chi connectivity index (χ2v) is 7.17. The predicted molar refractivity (Wildman–Crippen MR) is 109 cm³/mol. The second kappa shape index (κ2) is 8.28. The first-order chi connectivity index (χ1) is 13.4. The van der Waals surface area contributed by atoms with Crippen LogP contribution >= 0.6 is 11.6 Å². The van der Waals surface area contributed by atoms with E-state index in [-0.39, 0.29) is 5.91 Å². The van der Waals surface area contributed by atoms with Gasteiger partial charge in [0.2, 0.25) is 0 Å². The van der Waals surface area contributed by atoms with Crippen molar-refractivity contribution in [1.82, 2.24) is 14.7 Å². The van der Waals surface area contributed by atoms with Gasteiger partial charge >= 0.3 is 0 Å². The van der Waals surface area contributed by atoms with Crippen LogP contribution in [0.4, 0.5) is 0 Å². The van der Waals surface area contributed by atoms with Crippen molar-refractivity contribution in [3.8, 4) is 6.07 Å². The van der Waals surface area contributed by atoms with Crippen LogP contribution in [0.15, 0.2) is 48.5 Å². The van der Waals surface area contributed by atoms with Gasteiger partial charge in [-0.05, 0) is 43.2 Å². The number of carbonyl (C=O) groups is 1. The minimum absolute atomic E-state index is 0.0789. The number of benzene rings is 2. The van der Waals surface area contributed by atoms with Gasteiger partial charge in [-0.3, -0.25) is 9.48 Å². The van der Waals surface area contributed by atoms with Crippen molar-refractivity contribution < 1.29 is 4.79 Å². The number of nitriles is 1. The van der Waals surface area contributed by atoms with Crippen LogP contribution in [-0.2, 0) is 13.1 Å². The van der Waals surface area contributed by atoms with E-state index in [0.29, 0.717) is 34.9 Å². The predicted octanol–water partition coefficient (Wildman–Crippen LogP) is 4.35. The van der Waals surface area contributed by atoms with E-state index in [1.807, 2.05) is 54.9 Å². The van der Waals surface area contributed by atoms with Gasteiger partial charge in [0.05, 0.1) is 29.4 Å². The largest absolute Gasteiger partial charge is 0.337 e. The van der Waals surface area contributed by atoms with Gasteiger partial charge in [-0.2, -0.15) is 10.4 Å². The Hall–Kier alpha value is -3.10. The third-order valence-electron chi connectivity index (χ3n) is 4.72. The molecule has 142 valence electrons. The Balaban J connectivity index is 1.80. The molecule has 0 saturated carbocycles. The van der Waals surface area contributed by atoms with Crippen LogP contribution in [0.1, 0.15) is 38.4 Å². The number of hydrogen-bond donors (Lipinski definition) is 0. The zero-order valence-electron chi connectivity index (χ0n) is 16.1. The van der Waals surface area contributed by atoms with Crippen LogP contribution in [0.25, 0.3) is 0 Å². The zero-order valence-corrected chi connectivity index (χ0v) is 16.9. The van der Waals surface area contributed by atoms with Crippen molar-refractivity contribution in [2.75, 3.05) is 7.05 Å². The second-order valence-electron chi connectivity index (χ2n) is 6.76. The first-order valence-corrected chi connectivity index (χ1v) is 9.30. The third kappa shape index (κ3) is 4.08. The molecule has 2 aromatic carbocycles. The van der Waals surface area contributed by atoms with E-state index in [4.69, 9.17) is 16.9 Å². The van der Waals surface area contributed by atoms with E-state index in [2.05, 4.69) is 11.2 Å². The normalized spacial score (nSPS) is 10.5. The molecule has 6 heteroatoms. The highest BCUT2D eigenvalue weighted by molar-refractivity contribution is 6.31. The number of halogens is 1. The van der Waals surface area contributed by atoms with Crippen LogP contribution in [0.5, 0.6) is 0 Å². The number of amides is 1. The highest BCUT2D eigenvalue weighted by atomic mass is 35.5. The molecule has 0 spiro atoms. The van der Waals surface area contributed by atoms with Gasteiger partial charge in [-0.15, -0.1) is 0 Å². The third-order valence-corrected chi connectivity index (χ3v) is 5.09. The van der Waals surface area contributed by atoms with Crippen molar-refractivity contribution in [2.24, 2.45) is 0 Å². The highest BCUT2D eigenvalue weighted by Crippen LogP contribution is 2.21. The number of carbonyl (C=O) groups excluding carboxylic acids is 1. The number of hydrogen-bond acceptors (Lipinski definition) is 3. The summed E-state index contributed by atoms with van der Waals surface area (Å²) < 4.78 is 1.82. The van der Waals surface area contributed by atoms with Gasteiger partial charge in [0.15, 0.2) is 0 Å². The lowest BCUT2D eigenvalue weighted by molar-refractivity contribution is 0.0783. The standard InChI is InChI=1S/C22H21ClN4O/c1-15-21(16(2)27(25-15)14-19-6-4-5-7-20(19)23)22(28)26(3)13-18-10-8-17(12-24)9-11-18/h4-11H,13-14H2,1-3H3. The lowest BCUT2D eigenvalue weighted by Gasteiger charge is -2.18. The first-order valence-electron chi connectivity index (χ1n) is 8.92. The van der Waals surface area contributed by atoms with E-state index in [1.165, 1.54) is 0 Å². The molecule has 1 aromatic heterocycles. The summed E-state index contributed by atoms with van der Waals surface area (Å²) in [5.74, 6) is -0.0789. The molecule has 0 aliphatic carbocycles. The van der Waals surface area contributed by atoms with E-state index in [1.54, 1.807) is 24.1 Å². The first kappa shape index (κ1) is 19.7. The molecule has 0 N–H and O–H groups in total. The Morgan fingerprint density at radius 2 is 1.86 bits per heavy atom. The average Bonchev–Trinajstić information content (AvgIpc) is 2.96. The fourth-order valence-corrected chi connectivity index (χ4v) is 3.37. The molecule has 0 aliphatic heterocycles.